The number of nitrogens with zero attached hydrogens (tertiary/aromatic N) is 5. The smallest absolute Gasteiger partial charge is 0.325 e. The maximum absolute atomic E-state index is 13.6. The molecule has 194 valence electrons. The molecule has 0 aliphatic rings. The molecule has 0 bridgehead atoms. The fraction of sp³-hybridized carbons (Fsp3) is 0.208. The van der Waals surface area contributed by atoms with Gasteiger partial charge in [-0.05, 0) is 43.2 Å². The third kappa shape index (κ3) is 7.12. The lowest BCUT2D eigenvalue weighted by Crippen LogP contribution is -2.26. The molecule has 0 aromatic carbocycles. The number of alkyl halides is 6. The molecule has 0 saturated carbocycles. The van der Waals surface area contributed by atoms with Gasteiger partial charge in [-0.25, -0.2) is 0 Å². The zero-order valence-electron chi connectivity index (χ0n) is 19.5. The molecule has 0 spiro atoms. The van der Waals surface area contributed by atoms with Gasteiger partial charge in [0.15, 0.2) is 5.69 Å². The van der Waals surface area contributed by atoms with Crippen molar-refractivity contribution in [3.8, 4) is 11.1 Å². The Hall–Kier alpha value is -4.29. The maximum atomic E-state index is 13.6. The third-order valence-electron chi connectivity index (χ3n) is 4.90. The van der Waals surface area contributed by atoms with Crippen LogP contribution in [0.1, 0.15) is 30.9 Å². The van der Waals surface area contributed by atoms with E-state index in [1.54, 1.807) is 44.3 Å². The van der Waals surface area contributed by atoms with Gasteiger partial charge in [-0.2, -0.15) is 31.4 Å². The van der Waals surface area contributed by atoms with Crippen LogP contribution in [0.25, 0.3) is 16.7 Å². The van der Waals surface area contributed by atoms with E-state index in [1.165, 1.54) is 12.4 Å². The van der Waals surface area contributed by atoms with Crippen molar-refractivity contribution >= 4 is 11.5 Å². The van der Waals surface area contributed by atoms with E-state index in [0.717, 1.165) is 23.1 Å². The third-order valence-corrected chi connectivity index (χ3v) is 4.90. The van der Waals surface area contributed by atoms with E-state index in [2.05, 4.69) is 25.4 Å². The number of rotatable bonds is 7. The number of hydrogen-bond acceptors (Lipinski definition) is 5. The SMILES string of the molecule is C/C=C(/C=C\C(=C/C)c1cnccn1)NC(=O)Cn1cc(-c2ccnc(C(F)(F)F)c2)c(C(F)(F)F)n1. The first kappa shape index (κ1) is 27.3. The van der Waals surface area contributed by atoms with Crippen LogP contribution in [-0.2, 0) is 23.7 Å². The highest BCUT2D eigenvalue weighted by atomic mass is 19.4. The van der Waals surface area contributed by atoms with Crippen LogP contribution in [0, 0.1) is 0 Å². The van der Waals surface area contributed by atoms with Crippen molar-refractivity contribution in [1.82, 2.24) is 30.0 Å². The number of halogens is 6. The van der Waals surface area contributed by atoms with Crippen LogP contribution in [0.2, 0.25) is 0 Å². The van der Waals surface area contributed by atoms with Gasteiger partial charge >= 0.3 is 12.4 Å². The van der Waals surface area contributed by atoms with Gasteiger partial charge in [0.05, 0.1) is 11.9 Å². The molecule has 3 rings (SSSR count). The second-order valence-electron chi connectivity index (χ2n) is 7.47. The van der Waals surface area contributed by atoms with E-state index >= 15 is 0 Å². The highest BCUT2D eigenvalue weighted by molar-refractivity contribution is 5.79. The van der Waals surface area contributed by atoms with Crippen LogP contribution in [0.3, 0.4) is 0 Å². The van der Waals surface area contributed by atoms with Crippen molar-refractivity contribution in [2.24, 2.45) is 0 Å². The van der Waals surface area contributed by atoms with E-state index in [1.807, 2.05) is 0 Å². The van der Waals surface area contributed by atoms with Crippen LogP contribution < -0.4 is 5.32 Å². The molecule has 0 fully saturated rings. The quantitative estimate of drug-likeness (QED) is 0.329. The van der Waals surface area contributed by atoms with Crippen molar-refractivity contribution in [2.45, 2.75) is 32.7 Å². The number of aromatic nitrogens is 5. The average molecular weight is 522 g/mol. The summed E-state index contributed by atoms with van der Waals surface area (Å²) in [5, 5.41) is 5.97. The molecule has 1 N–H and O–H groups in total. The van der Waals surface area contributed by atoms with Crippen LogP contribution >= 0.6 is 0 Å². The Morgan fingerprint density at radius 1 is 1.00 bits per heavy atom. The molecule has 0 radical (unpaired) electrons. The first-order valence-corrected chi connectivity index (χ1v) is 10.7. The Kier molecular flexibility index (Phi) is 8.25. The summed E-state index contributed by atoms with van der Waals surface area (Å²) in [6, 6.07) is 1.50. The van der Waals surface area contributed by atoms with Crippen LogP contribution in [0.15, 0.2) is 73.1 Å². The van der Waals surface area contributed by atoms with E-state index in [4.69, 9.17) is 0 Å². The molecule has 0 saturated heterocycles. The second-order valence-corrected chi connectivity index (χ2v) is 7.47. The minimum Gasteiger partial charge on any atom is -0.325 e. The van der Waals surface area contributed by atoms with Gasteiger partial charge in [0, 0.05) is 36.0 Å². The summed E-state index contributed by atoms with van der Waals surface area (Å²) >= 11 is 0. The number of pyridine rings is 1. The molecule has 3 aromatic rings. The van der Waals surface area contributed by atoms with Gasteiger partial charge in [0.1, 0.15) is 12.2 Å². The van der Waals surface area contributed by atoms with Gasteiger partial charge < -0.3 is 5.32 Å². The van der Waals surface area contributed by atoms with Gasteiger partial charge in [-0.3, -0.25) is 24.4 Å². The number of nitrogens with one attached hydrogen (secondary N) is 1. The zero-order chi connectivity index (χ0) is 27.2. The van der Waals surface area contributed by atoms with Gasteiger partial charge in [-0.1, -0.05) is 18.2 Å². The lowest BCUT2D eigenvalue weighted by molar-refractivity contribution is -0.141. The van der Waals surface area contributed by atoms with Crippen molar-refractivity contribution in [1.29, 1.82) is 0 Å². The summed E-state index contributed by atoms with van der Waals surface area (Å²) in [5.41, 5.74) is -2.12. The number of allylic oxidation sites excluding steroid dienone is 5. The molecule has 3 heterocycles. The molecule has 13 heteroatoms. The Morgan fingerprint density at radius 2 is 1.76 bits per heavy atom. The fourth-order valence-corrected chi connectivity index (χ4v) is 3.19. The van der Waals surface area contributed by atoms with Gasteiger partial charge in [-0.15, -0.1) is 0 Å². The summed E-state index contributed by atoms with van der Waals surface area (Å²) in [4.78, 5) is 23.9. The molecule has 0 atom stereocenters. The molecule has 0 unspecified atom stereocenters. The first-order chi connectivity index (χ1) is 17.4. The first-order valence-electron chi connectivity index (χ1n) is 10.7. The minimum atomic E-state index is -4.97. The van der Waals surface area contributed by atoms with Crippen molar-refractivity contribution in [3.05, 3.63) is 90.2 Å². The number of carbonyl (C=O) groups is 1. The molecule has 0 aliphatic heterocycles. The topological polar surface area (TPSA) is 85.6 Å². The summed E-state index contributed by atoms with van der Waals surface area (Å²) in [5.74, 6) is -0.701. The Balaban J connectivity index is 1.80. The highest BCUT2D eigenvalue weighted by Crippen LogP contribution is 2.37. The van der Waals surface area contributed by atoms with E-state index in [0.29, 0.717) is 23.0 Å². The van der Waals surface area contributed by atoms with E-state index < -0.39 is 41.8 Å². The predicted molar refractivity (Wildman–Crippen MR) is 122 cm³/mol. The standard InChI is InChI=1S/C24H20F6N6O/c1-3-15(19-12-31-9-10-32-19)5-6-17(4-2)34-21(37)14-36-13-18(22(35-36)24(28,29)30)16-7-8-33-20(11-16)23(25,26)27/h3-13H,14H2,1-2H3,(H,34,37)/b6-5-,15-3+,17-4-. The monoisotopic (exact) mass is 522 g/mol. The molecule has 1 amide bonds. The predicted octanol–water partition coefficient (Wildman–Crippen LogP) is 5.45. The maximum Gasteiger partial charge on any atom is 0.435 e. The lowest BCUT2D eigenvalue weighted by atomic mass is 10.1. The Bertz CT molecular complexity index is 1340. The molecule has 7 nitrogen and oxygen atoms in total. The second kappa shape index (κ2) is 11.2. The van der Waals surface area contributed by atoms with Gasteiger partial charge in [0.2, 0.25) is 5.91 Å². The summed E-state index contributed by atoms with van der Waals surface area (Å²) in [7, 11) is 0. The molecule has 0 aliphatic carbocycles. The van der Waals surface area contributed by atoms with Crippen LogP contribution in [0.4, 0.5) is 26.3 Å². The fourth-order valence-electron chi connectivity index (χ4n) is 3.19. The van der Waals surface area contributed by atoms with Crippen molar-refractivity contribution in [2.75, 3.05) is 0 Å². The van der Waals surface area contributed by atoms with Crippen LogP contribution in [0.5, 0.6) is 0 Å². The molecular formula is C24H20F6N6O. The number of hydrogen-bond donors (Lipinski definition) is 1. The van der Waals surface area contributed by atoms with Crippen molar-refractivity contribution < 1.29 is 31.1 Å². The summed E-state index contributed by atoms with van der Waals surface area (Å²) in [6.45, 7) is 2.81. The Labute approximate surface area is 207 Å². The minimum absolute atomic E-state index is 0.348. The van der Waals surface area contributed by atoms with Gasteiger partial charge in [0.25, 0.3) is 0 Å². The summed E-state index contributed by atoms with van der Waals surface area (Å²) < 4.78 is 80.5. The summed E-state index contributed by atoms with van der Waals surface area (Å²) in [6.07, 6.45) is 3.01. The highest BCUT2D eigenvalue weighted by Gasteiger charge is 2.39. The molecular weight excluding hydrogens is 502 g/mol. The number of carbonyl (C=O) groups excluding carboxylic acids is 1. The van der Waals surface area contributed by atoms with E-state index in [-0.39, 0.29) is 5.56 Å². The van der Waals surface area contributed by atoms with Crippen molar-refractivity contribution in [3.63, 3.8) is 0 Å². The normalized spacial score (nSPS) is 13.3. The molecule has 3 aromatic heterocycles. The average Bonchev–Trinajstić information content (AvgIpc) is 3.28. The zero-order valence-corrected chi connectivity index (χ0v) is 19.5. The Morgan fingerprint density at radius 3 is 2.35 bits per heavy atom. The van der Waals surface area contributed by atoms with Crippen LogP contribution in [-0.4, -0.2) is 30.6 Å². The molecule has 37 heavy (non-hydrogen) atoms. The number of amides is 1. The lowest BCUT2D eigenvalue weighted by Gasteiger charge is -2.09. The largest absolute Gasteiger partial charge is 0.435 e. The van der Waals surface area contributed by atoms with E-state index in [9.17, 15) is 31.1 Å².